The molecule has 0 spiro atoms. The number of carbonyl (C=O) groups is 1. The molecule has 1 N–H and O–H groups in total. The number of hydrogen-bond donors (Lipinski definition) is 1. The third-order valence-electron chi connectivity index (χ3n) is 2.26. The van der Waals surface area contributed by atoms with E-state index in [4.69, 9.17) is 14.3 Å². The standard InChI is InChI=1S/C12H10O5/c1-7(12(14)15)16-9-4-2-8-3-5-11(13)17-10(8)6-9/h2-7H,1H3,(H,14,15). The van der Waals surface area contributed by atoms with Crippen LogP contribution in [0.3, 0.4) is 0 Å². The summed E-state index contributed by atoms with van der Waals surface area (Å²) in [5.41, 5.74) is -0.0893. The van der Waals surface area contributed by atoms with Gasteiger partial charge < -0.3 is 14.3 Å². The lowest BCUT2D eigenvalue weighted by molar-refractivity contribution is -0.144. The average molecular weight is 234 g/mol. The predicted molar refractivity (Wildman–Crippen MR) is 60.2 cm³/mol. The normalized spacial score (nSPS) is 12.3. The summed E-state index contributed by atoms with van der Waals surface area (Å²) in [6.45, 7) is 1.42. The van der Waals surface area contributed by atoms with Gasteiger partial charge in [0.25, 0.3) is 0 Å². The van der Waals surface area contributed by atoms with E-state index in [-0.39, 0.29) is 0 Å². The molecule has 5 nitrogen and oxygen atoms in total. The fourth-order valence-corrected chi connectivity index (χ4v) is 1.37. The van der Waals surface area contributed by atoms with Crippen molar-refractivity contribution in [3.63, 3.8) is 0 Å². The Hall–Kier alpha value is -2.30. The lowest BCUT2D eigenvalue weighted by atomic mass is 10.2. The largest absolute Gasteiger partial charge is 0.479 e. The van der Waals surface area contributed by atoms with Crippen molar-refractivity contribution in [1.82, 2.24) is 0 Å². The van der Waals surface area contributed by atoms with Crippen LogP contribution in [0.2, 0.25) is 0 Å². The summed E-state index contributed by atoms with van der Waals surface area (Å²) in [7, 11) is 0. The molecule has 0 bridgehead atoms. The molecule has 1 heterocycles. The number of carboxylic acid groups (broad SMARTS) is 1. The van der Waals surface area contributed by atoms with Crippen molar-refractivity contribution in [2.75, 3.05) is 0 Å². The van der Waals surface area contributed by atoms with Crippen LogP contribution in [0.4, 0.5) is 0 Å². The highest BCUT2D eigenvalue weighted by Gasteiger charge is 2.12. The SMILES string of the molecule is CC(Oc1ccc2ccc(=O)oc2c1)C(=O)O. The van der Waals surface area contributed by atoms with Gasteiger partial charge in [0.1, 0.15) is 11.3 Å². The van der Waals surface area contributed by atoms with E-state index in [9.17, 15) is 9.59 Å². The topological polar surface area (TPSA) is 76.7 Å². The van der Waals surface area contributed by atoms with Gasteiger partial charge in [-0.3, -0.25) is 0 Å². The van der Waals surface area contributed by atoms with Crippen molar-refractivity contribution in [2.24, 2.45) is 0 Å². The molecule has 0 aliphatic rings. The van der Waals surface area contributed by atoms with Gasteiger partial charge in [0.05, 0.1) is 0 Å². The summed E-state index contributed by atoms with van der Waals surface area (Å²) in [5, 5.41) is 9.45. The highest BCUT2D eigenvalue weighted by atomic mass is 16.5. The van der Waals surface area contributed by atoms with Gasteiger partial charge in [0, 0.05) is 17.5 Å². The number of rotatable bonds is 3. The minimum absolute atomic E-state index is 0.349. The lowest BCUT2D eigenvalue weighted by Crippen LogP contribution is -2.22. The molecule has 0 radical (unpaired) electrons. The number of fused-ring (bicyclic) bond motifs is 1. The van der Waals surface area contributed by atoms with Crippen molar-refractivity contribution < 1.29 is 19.1 Å². The third kappa shape index (κ3) is 2.44. The van der Waals surface area contributed by atoms with E-state index >= 15 is 0 Å². The average Bonchev–Trinajstić information content (AvgIpc) is 2.28. The van der Waals surface area contributed by atoms with Crippen LogP contribution < -0.4 is 10.4 Å². The molecule has 2 aromatic rings. The minimum Gasteiger partial charge on any atom is -0.479 e. The molecule has 0 amide bonds. The second kappa shape index (κ2) is 4.29. The molecule has 0 aliphatic carbocycles. The van der Waals surface area contributed by atoms with Crippen molar-refractivity contribution in [3.8, 4) is 5.75 Å². The minimum atomic E-state index is -1.06. The number of carboxylic acids is 1. The van der Waals surface area contributed by atoms with Crippen molar-refractivity contribution in [1.29, 1.82) is 0 Å². The Morgan fingerprint density at radius 3 is 2.76 bits per heavy atom. The van der Waals surface area contributed by atoms with E-state index in [2.05, 4.69) is 0 Å². The smallest absolute Gasteiger partial charge is 0.344 e. The summed E-state index contributed by atoms with van der Waals surface area (Å²) in [6.07, 6.45) is -0.956. The predicted octanol–water partition coefficient (Wildman–Crippen LogP) is 1.64. The van der Waals surface area contributed by atoms with Gasteiger partial charge in [-0.25, -0.2) is 9.59 Å². The van der Waals surface area contributed by atoms with Crippen molar-refractivity contribution in [2.45, 2.75) is 13.0 Å². The maximum atomic E-state index is 11.0. The van der Waals surface area contributed by atoms with Crippen LogP contribution in [-0.4, -0.2) is 17.2 Å². The molecule has 2 rings (SSSR count). The highest BCUT2D eigenvalue weighted by Crippen LogP contribution is 2.20. The fraction of sp³-hybridized carbons (Fsp3) is 0.167. The van der Waals surface area contributed by atoms with E-state index in [0.29, 0.717) is 11.3 Å². The molecular formula is C12H10O5. The van der Waals surface area contributed by atoms with Crippen LogP contribution in [0.1, 0.15) is 6.92 Å². The van der Waals surface area contributed by atoms with Gasteiger partial charge in [-0.15, -0.1) is 0 Å². The van der Waals surface area contributed by atoms with Crippen LogP contribution in [0.25, 0.3) is 11.0 Å². The fourth-order valence-electron chi connectivity index (χ4n) is 1.37. The van der Waals surface area contributed by atoms with Crippen LogP contribution in [-0.2, 0) is 4.79 Å². The summed E-state index contributed by atoms with van der Waals surface area (Å²) < 4.78 is 10.1. The van der Waals surface area contributed by atoms with Crippen molar-refractivity contribution >= 4 is 16.9 Å². The molecule has 5 heteroatoms. The number of benzene rings is 1. The Morgan fingerprint density at radius 1 is 1.35 bits per heavy atom. The van der Waals surface area contributed by atoms with Crippen LogP contribution in [0, 0.1) is 0 Å². The molecule has 1 aromatic carbocycles. The Balaban J connectivity index is 2.37. The highest BCUT2D eigenvalue weighted by molar-refractivity contribution is 5.78. The molecule has 1 aromatic heterocycles. The maximum Gasteiger partial charge on any atom is 0.344 e. The van der Waals surface area contributed by atoms with E-state index in [1.807, 2.05) is 0 Å². The van der Waals surface area contributed by atoms with Crippen LogP contribution in [0.5, 0.6) is 5.75 Å². The molecular weight excluding hydrogens is 224 g/mol. The van der Waals surface area contributed by atoms with Gasteiger partial charge >= 0.3 is 11.6 Å². The number of aliphatic carboxylic acids is 1. The van der Waals surface area contributed by atoms with Gasteiger partial charge in [-0.05, 0) is 25.1 Å². The monoisotopic (exact) mass is 234 g/mol. The molecule has 0 fully saturated rings. The molecule has 0 aliphatic heterocycles. The first-order valence-corrected chi connectivity index (χ1v) is 4.99. The van der Waals surface area contributed by atoms with Crippen LogP contribution in [0.15, 0.2) is 39.5 Å². The summed E-state index contributed by atoms with van der Waals surface area (Å²) in [4.78, 5) is 21.6. The first-order valence-electron chi connectivity index (χ1n) is 4.99. The Labute approximate surface area is 96.2 Å². The Morgan fingerprint density at radius 2 is 2.06 bits per heavy atom. The molecule has 88 valence electrons. The molecule has 1 unspecified atom stereocenters. The van der Waals surface area contributed by atoms with Gasteiger partial charge in [0.15, 0.2) is 6.10 Å². The Kier molecular flexibility index (Phi) is 2.82. The zero-order valence-electron chi connectivity index (χ0n) is 9.04. The van der Waals surface area contributed by atoms with E-state index in [1.165, 1.54) is 19.1 Å². The zero-order chi connectivity index (χ0) is 12.4. The lowest BCUT2D eigenvalue weighted by Gasteiger charge is -2.10. The van der Waals surface area contributed by atoms with Gasteiger partial charge in [-0.2, -0.15) is 0 Å². The summed E-state index contributed by atoms with van der Waals surface area (Å²) in [6, 6.07) is 7.77. The van der Waals surface area contributed by atoms with E-state index in [0.717, 1.165) is 5.39 Å². The second-order valence-electron chi connectivity index (χ2n) is 3.55. The van der Waals surface area contributed by atoms with Gasteiger partial charge in [0.2, 0.25) is 0 Å². The maximum absolute atomic E-state index is 11.0. The summed E-state index contributed by atoms with van der Waals surface area (Å²) in [5.74, 6) is -0.707. The molecule has 0 saturated carbocycles. The van der Waals surface area contributed by atoms with Crippen molar-refractivity contribution in [3.05, 3.63) is 40.8 Å². The first-order chi connectivity index (χ1) is 8.06. The van der Waals surface area contributed by atoms with Crippen LogP contribution >= 0.6 is 0 Å². The molecule has 17 heavy (non-hydrogen) atoms. The Bertz CT molecular complexity index is 614. The number of ether oxygens (including phenoxy) is 1. The molecule has 1 atom stereocenters. The summed E-state index contributed by atoms with van der Waals surface area (Å²) >= 11 is 0. The zero-order valence-corrected chi connectivity index (χ0v) is 9.04. The van der Waals surface area contributed by atoms with E-state index < -0.39 is 17.7 Å². The quantitative estimate of drug-likeness (QED) is 0.817. The third-order valence-corrected chi connectivity index (χ3v) is 2.26. The van der Waals surface area contributed by atoms with E-state index in [1.54, 1.807) is 18.2 Å². The first kappa shape index (κ1) is 11.2. The molecule has 0 saturated heterocycles. The number of hydrogen-bond acceptors (Lipinski definition) is 4. The second-order valence-corrected chi connectivity index (χ2v) is 3.55. The van der Waals surface area contributed by atoms with Gasteiger partial charge in [-0.1, -0.05) is 0 Å².